The molecule has 0 aromatic heterocycles. The molecule has 7 nitrogen and oxygen atoms in total. The Bertz CT molecular complexity index is 982. The number of benzene rings is 2. The highest BCUT2D eigenvalue weighted by Crippen LogP contribution is 2.36. The molecular formula is C22H21BrN2O5. The Morgan fingerprint density at radius 3 is 2.63 bits per heavy atom. The summed E-state index contributed by atoms with van der Waals surface area (Å²) in [5.74, 6) is 3.91. The molecule has 1 N–H and O–H groups in total. The molecular weight excluding hydrogens is 452 g/mol. The SMILES string of the molecule is C#CCOc1c(Br)cc(/C=N/NC(=O)c2ccc(OCC=C)c(OC)c2)cc1OC. The number of hydrazone groups is 1. The van der Waals surface area contributed by atoms with E-state index >= 15 is 0 Å². The minimum Gasteiger partial charge on any atom is -0.493 e. The van der Waals surface area contributed by atoms with E-state index in [9.17, 15) is 4.79 Å². The van der Waals surface area contributed by atoms with Crippen LogP contribution >= 0.6 is 15.9 Å². The van der Waals surface area contributed by atoms with E-state index in [2.05, 4.69) is 39.0 Å². The lowest BCUT2D eigenvalue weighted by Crippen LogP contribution is -2.17. The molecule has 0 radical (unpaired) electrons. The van der Waals surface area contributed by atoms with Gasteiger partial charge >= 0.3 is 0 Å². The lowest BCUT2D eigenvalue weighted by atomic mass is 10.2. The summed E-state index contributed by atoms with van der Waals surface area (Å²) in [4.78, 5) is 12.4. The van der Waals surface area contributed by atoms with E-state index in [1.807, 2.05) is 0 Å². The Morgan fingerprint density at radius 1 is 1.20 bits per heavy atom. The van der Waals surface area contributed by atoms with Crippen LogP contribution < -0.4 is 24.4 Å². The van der Waals surface area contributed by atoms with Crippen LogP contribution in [0.2, 0.25) is 0 Å². The highest BCUT2D eigenvalue weighted by molar-refractivity contribution is 9.10. The zero-order valence-electron chi connectivity index (χ0n) is 16.6. The van der Waals surface area contributed by atoms with E-state index in [1.54, 1.807) is 36.4 Å². The Kier molecular flexibility index (Phi) is 8.78. The van der Waals surface area contributed by atoms with Crippen molar-refractivity contribution in [1.82, 2.24) is 5.43 Å². The first-order chi connectivity index (χ1) is 14.5. The highest BCUT2D eigenvalue weighted by Gasteiger charge is 2.12. The van der Waals surface area contributed by atoms with E-state index in [4.69, 9.17) is 25.4 Å². The molecule has 1 amide bonds. The number of rotatable bonds is 10. The number of amides is 1. The fraction of sp³-hybridized carbons (Fsp3) is 0.182. The smallest absolute Gasteiger partial charge is 0.271 e. The van der Waals surface area contributed by atoms with Crippen molar-refractivity contribution in [3.8, 4) is 35.3 Å². The number of hydrogen-bond acceptors (Lipinski definition) is 6. The van der Waals surface area contributed by atoms with Gasteiger partial charge in [0.1, 0.15) is 13.2 Å². The third kappa shape index (κ3) is 6.03. The van der Waals surface area contributed by atoms with Crippen molar-refractivity contribution < 1.29 is 23.7 Å². The van der Waals surface area contributed by atoms with E-state index in [0.717, 1.165) is 0 Å². The van der Waals surface area contributed by atoms with Gasteiger partial charge in [0.15, 0.2) is 23.0 Å². The van der Waals surface area contributed by atoms with Crippen molar-refractivity contribution in [3.63, 3.8) is 0 Å². The number of methoxy groups -OCH3 is 2. The van der Waals surface area contributed by atoms with Crippen LogP contribution in [0.15, 0.2) is 52.6 Å². The molecule has 2 aromatic rings. The average molecular weight is 473 g/mol. The lowest BCUT2D eigenvalue weighted by Gasteiger charge is -2.11. The number of hydrogen-bond donors (Lipinski definition) is 1. The number of ether oxygens (including phenoxy) is 4. The number of carbonyl (C=O) groups is 1. The summed E-state index contributed by atoms with van der Waals surface area (Å²) < 4.78 is 22.2. The van der Waals surface area contributed by atoms with Crippen LogP contribution in [0.25, 0.3) is 0 Å². The van der Waals surface area contributed by atoms with Crippen LogP contribution in [-0.4, -0.2) is 39.6 Å². The summed E-state index contributed by atoms with van der Waals surface area (Å²) in [7, 11) is 3.02. The lowest BCUT2D eigenvalue weighted by molar-refractivity contribution is 0.0954. The van der Waals surface area contributed by atoms with Gasteiger partial charge < -0.3 is 18.9 Å². The fourth-order valence-electron chi connectivity index (χ4n) is 2.37. The van der Waals surface area contributed by atoms with Crippen LogP contribution in [-0.2, 0) is 0 Å². The topological polar surface area (TPSA) is 78.4 Å². The molecule has 0 heterocycles. The van der Waals surface area contributed by atoms with Crippen molar-refractivity contribution in [2.75, 3.05) is 27.4 Å². The third-order valence-electron chi connectivity index (χ3n) is 3.71. The van der Waals surface area contributed by atoms with Crippen molar-refractivity contribution in [3.05, 3.63) is 58.6 Å². The standard InChI is InChI=1S/C22H21BrN2O5/c1-5-9-29-18-8-7-16(13-19(18)27-3)22(26)25-24-14-15-11-17(23)21(30-10-6-2)20(12-15)28-4/h2,5,7-8,11-14H,1,9-10H2,3-4H3,(H,25,26)/b24-14+. The third-order valence-corrected chi connectivity index (χ3v) is 4.30. The van der Waals surface area contributed by atoms with Gasteiger partial charge in [-0.1, -0.05) is 18.6 Å². The van der Waals surface area contributed by atoms with Gasteiger partial charge in [-0.3, -0.25) is 4.79 Å². The number of terminal acetylenes is 1. The average Bonchev–Trinajstić information content (AvgIpc) is 2.76. The summed E-state index contributed by atoms with van der Waals surface area (Å²) in [6.45, 7) is 4.04. The number of carbonyl (C=O) groups excluding carboxylic acids is 1. The zero-order valence-corrected chi connectivity index (χ0v) is 18.2. The molecule has 0 saturated carbocycles. The molecule has 8 heteroatoms. The second kappa shape index (κ2) is 11.5. The quantitative estimate of drug-likeness (QED) is 0.246. The summed E-state index contributed by atoms with van der Waals surface area (Å²) in [5, 5.41) is 3.99. The Labute approximate surface area is 183 Å². The fourth-order valence-corrected chi connectivity index (χ4v) is 2.95. The number of nitrogens with one attached hydrogen (secondary N) is 1. The van der Waals surface area contributed by atoms with Crippen molar-refractivity contribution in [2.45, 2.75) is 0 Å². The molecule has 0 atom stereocenters. The van der Waals surface area contributed by atoms with E-state index in [0.29, 0.717) is 45.2 Å². The molecule has 0 aliphatic heterocycles. The van der Waals surface area contributed by atoms with Gasteiger partial charge in [-0.05, 0) is 51.8 Å². The molecule has 0 fully saturated rings. The molecule has 0 bridgehead atoms. The van der Waals surface area contributed by atoms with E-state index in [1.165, 1.54) is 20.4 Å². The molecule has 0 aliphatic carbocycles. The Morgan fingerprint density at radius 2 is 1.97 bits per heavy atom. The predicted molar refractivity (Wildman–Crippen MR) is 119 cm³/mol. The van der Waals surface area contributed by atoms with Gasteiger partial charge in [-0.2, -0.15) is 5.10 Å². The maximum atomic E-state index is 12.4. The molecule has 0 aliphatic rings. The minimum absolute atomic E-state index is 0.110. The Hall–Kier alpha value is -3.44. The first kappa shape index (κ1) is 22.8. The number of nitrogens with zero attached hydrogens (tertiary/aromatic N) is 1. The zero-order chi connectivity index (χ0) is 21.9. The molecule has 30 heavy (non-hydrogen) atoms. The summed E-state index contributed by atoms with van der Waals surface area (Å²) in [6, 6.07) is 8.31. The van der Waals surface area contributed by atoms with E-state index in [-0.39, 0.29) is 6.61 Å². The van der Waals surface area contributed by atoms with Gasteiger partial charge in [0.2, 0.25) is 0 Å². The van der Waals surface area contributed by atoms with E-state index < -0.39 is 5.91 Å². The number of halogens is 1. The Balaban J connectivity index is 2.11. The van der Waals surface area contributed by atoms with Crippen molar-refractivity contribution in [1.29, 1.82) is 0 Å². The highest BCUT2D eigenvalue weighted by atomic mass is 79.9. The van der Waals surface area contributed by atoms with Crippen LogP contribution in [0, 0.1) is 12.3 Å². The molecule has 2 aromatic carbocycles. The molecule has 0 spiro atoms. The molecule has 0 saturated heterocycles. The van der Waals surface area contributed by atoms with Gasteiger partial charge in [0, 0.05) is 5.56 Å². The predicted octanol–water partition coefficient (Wildman–Crippen LogP) is 3.81. The van der Waals surface area contributed by atoms with Gasteiger partial charge in [0.25, 0.3) is 5.91 Å². The minimum atomic E-state index is -0.403. The summed E-state index contributed by atoms with van der Waals surface area (Å²) in [6.07, 6.45) is 8.33. The van der Waals surface area contributed by atoms with Crippen molar-refractivity contribution in [2.24, 2.45) is 5.10 Å². The van der Waals surface area contributed by atoms with Crippen LogP contribution in [0.3, 0.4) is 0 Å². The first-order valence-corrected chi connectivity index (χ1v) is 9.52. The van der Waals surface area contributed by atoms with Crippen LogP contribution in [0.5, 0.6) is 23.0 Å². The van der Waals surface area contributed by atoms with Gasteiger partial charge in [-0.25, -0.2) is 5.43 Å². The summed E-state index contributed by atoms with van der Waals surface area (Å²) in [5.41, 5.74) is 3.52. The maximum Gasteiger partial charge on any atom is 0.271 e. The molecule has 2 rings (SSSR count). The van der Waals surface area contributed by atoms with Crippen molar-refractivity contribution >= 4 is 28.1 Å². The van der Waals surface area contributed by atoms with Gasteiger partial charge in [-0.15, -0.1) is 6.42 Å². The second-order valence-corrected chi connectivity index (χ2v) is 6.55. The second-order valence-electron chi connectivity index (χ2n) is 5.69. The van der Waals surface area contributed by atoms with Crippen LogP contribution in [0.4, 0.5) is 0 Å². The summed E-state index contributed by atoms with van der Waals surface area (Å²) >= 11 is 3.41. The monoisotopic (exact) mass is 472 g/mol. The van der Waals surface area contributed by atoms with Gasteiger partial charge in [0.05, 0.1) is 24.9 Å². The maximum absolute atomic E-state index is 12.4. The first-order valence-electron chi connectivity index (χ1n) is 8.73. The largest absolute Gasteiger partial charge is 0.493 e. The molecule has 0 unspecified atom stereocenters. The van der Waals surface area contributed by atoms with Crippen LogP contribution in [0.1, 0.15) is 15.9 Å². The molecule has 156 valence electrons. The normalized spacial score (nSPS) is 10.2.